The minimum absolute atomic E-state index is 0.0235. The van der Waals surface area contributed by atoms with E-state index in [1.54, 1.807) is 6.92 Å². The zero-order valence-electron chi connectivity index (χ0n) is 24.3. The van der Waals surface area contributed by atoms with E-state index in [1.807, 2.05) is 34.6 Å². The summed E-state index contributed by atoms with van der Waals surface area (Å²) in [5.74, 6) is -1.51. The number of carbonyl (C=O) groups is 4. The molecule has 2 saturated carbocycles. The molecule has 0 amide bonds. The van der Waals surface area contributed by atoms with Gasteiger partial charge in [-0.1, -0.05) is 48.5 Å². The third-order valence-electron chi connectivity index (χ3n) is 11.8. The number of carbonyl (C=O) groups excluding carboxylic acids is 4. The Morgan fingerprint density at radius 1 is 0.974 bits per heavy atom. The molecule has 9 atom stereocenters. The number of methoxy groups -OCH3 is 1. The van der Waals surface area contributed by atoms with Gasteiger partial charge in [-0.3, -0.25) is 19.2 Å². The van der Waals surface area contributed by atoms with Crippen LogP contribution in [0.5, 0.6) is 0 Å². The summed E-state index contributed by atoms with van der Waals surface area (Å²) in [6.07, 6.45) is 1.09. The minimum Gasteiger partial charge on any atom is -0.469 e. The Balaban J connectivity index is 1.71. The summed E-state index contributed by atoms with van der Waals surface area (Å²) < 4.78 is 4.76. The van der Waals surface area contributed by atoms with E-state index in [0.717, 1.165) is 0 Å². The highest BCUT2D eigenvalue weighted by Gasteiger charge is 2.70. The smallest absolute Gasteiger partial charge is 0.308 e. The number of ether oxygens (including phenoxy) is 1. The average molecular weight is 531 g/mol. The molecule has 212 valence electrons. The molecule has 2 unspecified atom stereocenters. The zero-order chi connectivity index (χ0) is 28.6. The maximum absolute atomic E-state index is 14.1. The van der Waals surface area contributed by atoms with Crippen molar-refractivity contribution in [1.82, 2.24) is 0 Å². The molecule has 38 heavy (non-hydrogen) atoms. The van der Waals surface area contributed by atoms with E-state index in [2.05, 4.69) is 6.92 Å². The van der Waals surface area contributed by atoms with Gasteiger partial charge >= 0.3 is 5.97 Å². The van der Waals surface area contributed by atoms with Gasteiger partial charge in [0.05, 0.1) is 25.2 Å². The fourth-order valence-corrected chi connectivity index (χ4v) is 9.31. The van der Waals surface area contributed by atoms with Crippen LogP contribution >= 0.6 is 0 Å². The van der Waals surface area contributed by atoms with Crippen LogP contribution < -0.4 is 0 Å². The molecule has 7 heteroatoms. The largest absolute Gasteiger partial charge is 0.469 e. The quantitative estimate of drug-likeness (QED) is 0.494. The van der Waals surface area contributed by atoms with E-state index < -0.39 is 45.8 Å². The van der Waals surface area contributed by atoms with Gasteiger partial charge in [-0.15, -0.1) is 0 Å². The van der Waals surface area contributed by atoms with Crippen LogP contribution in [-0.4, -0.2) is 52.8 Å². The zero-order valence-corrected chi connectivity index (χ0v) is 24.3. The molecular formula is C31H46O7. The summed E-state index contributed by atoms with van der Waals surface area (Å²) in [5, 5.41) is 22.4. The van der Waals surface area contributed by atoms with Crippen LogP contribution in [0.15, 0.2) is 11.1 Å². The monoisotopic (exact) mass is 530 g/mol. The van der Waals surface area contributed by atoms with Crippen LogP contribution in [0.3, 0.4) is 0 Å². The highest BCUT2D eigenvalue weighted by atomic mass is 16.5. The molecule has 0 aromatic carbocycles. The SMILES string of the molecule is COC(=O)C(C)CC(=O)CC(C)[C@H]1C[C@H](O)[C@@]2(C)C3=C(C(=O)C[C@]12C)[C@@]1(C)CC[C@H](O)C(C)(C)[C@H]1CC3=O. The van der Waals surface area contributed by atoms with Crippen molar-refractivity contribution in [3.05, 3.63) is 11.1 Å². The van der Waals surface area contributed by atoms with Gasteiger partial charge in [0.15, 0.2) is 11.6 Å². The van der Waals surface area contributed by atoms with Crippen molar-refractivity contribution in [3.63, 3.8) is 0 Å². The van der Waals surface area contributed by atoms with Crippen molar-refractivity contribution in [2.24, 2.45) is 45.3 Å². The van der Waals surface area contributed by atoms with Gasteiger partial charge in [0.1, 0.15) is 5.78 Å². The lowest BCUT2D eigenvalue weighted by molar-refractivity contribution is -0.146. The van der Waals surface area contributed by atoms with E-state index >= 15 is 0 Å². The molecule has 0 bridgehead atoms. The predicted molar refractivity (Wildman–Crippen MR) is 142 cm³/mol. The fourth-order valence-electron chi connectivity index (χ4n) is 9.31. The third-order valence-corrected chi connectivity index (χ3v) is 11.8. The van der Waals surface area contributed by atoms with Gasteiger partial charge in [-0.05, 0) is 47.8 Å². The van der Waals surface area contributed by atoms with Crippen molar-refractivity contribution < 1.29 is 34.1 Å². The standard InChI is InChI=1S/C31H46O7/c1-16(11-18(32)12-17(2)27(37)38-8)19-13-24(36)31(7)26-20(33)14-22-28(3,4)23(35)9-10-29(22,5)25(26)21(34)15-30(19,31)6/h16-17,19,22-24,35-36H,9-15H2,1-8H3/t16?,17?,19-,22-,23+,24+,29+,30-,31+/m1/s1. The predicted octanol–water partition coefficient (Wildman–Crippen LogP) is 4.22. The van der Waals surface area contributed by atoms with Gasteiger partial charge < -0.3 is 14.9 Å². The molecular weight excluding hydrogens is 484 g/mol. The van der Waals surface area contributed by atoms with E-state index in [4.69, 9.17) is 4.74 Å². The molecule has 4 rings (SSSR count). The number of esters is 1. The Bertz CT molecular complexity index is 1090. The maximum atomic E-state index is 14.1. The summed E-state index contributed by atoms with van der Waals surface area (Å²) in [6, 6.07) is 0. The number of ketones is 3. The minimum atomic E-state index is -0.900. The lowest BCUT2D eigenvalue weighted by atomic mass is 9.42. The molecule has 4 aliphatic carbocycles. The van der Waals surface area contributed by atoms with E-state index in [9.17, 15) is 29.4 Å². The van der Waals surface area contributed by atoms with Crippen LogP contribution in [0, 0.1) is 45.3 Å². The number of aliphatic hydroxyl groups is 2. The summed E-state index contributed by atoms with van der Waals surface area (Å²) in [4.78, 5) is 52.7. The Labute approximate surface area is 226 Å². The number of hydrogen-bond donors (Lipinski definition) is 2. The molecule has 0 aromatic rings. The maximum Gasteiger partial charge on any atom is 0.308 e. The van der Waals surface area contributed by atoms with Crippen molar-refractivity contribution >= 4 is 23.3 Å². The molecule has 0 aromatic heterocycles. The van der Waals surface area contributed by atoms with Crippen molar-refractivity contribution in [3.8, 4) is 0 Å². The molecule has 2 fully saturated rings. The molecule has 0 heterocycles. The van der Waals surface area contributed by atoms with Crippen molar-refractivity contribution in [2.45, 2.75) is 106 Å². The van der Waals surface area contributed by atoms with Crippen molar-refractivity contribution in [1.29, 1.82) is 0 Å². The van der Waals surface area contributed by atoms with Crippen LogP contribution in [0.1, 0.15) is 93.4 Å². The first kappa shape index (κ1) is 29.1. The first-order chi connectivity index (χ1) is 17.5. The van der Waals surface area contributed by atoms with Gasteiger partial charge in [-0.25, -0.2) is 0 Å². The van der Waals surface area contributed by atoms with Gasteiger partial charge in [0.2, 0.25) is 0 Å². The highest BCUT2D eigenvalue weighted by Crippen LogP contribution is 2.71. The molecule has 0 saturated heterocycles. The van der Waals surface area contributed by atoms with Gasteiger partial charge in [0.25, 0.3) is 0 Å². The second kappa shape index (κ2) is 9.36. The van der Waals surface area contributed by atoms with Crippen LogP contribution in [0.25, 0.3) is 0 Å². The van der Waals surface area contributed by atoms with Gasteiger partial charge in [-0.2, -0.15) is 0 Å². The summed E-state index contributed by atoms with van der Waals surface area (Å²) in [5.41, 5.74) is -1.52. The highest BCUT2D eigenvalue weighted by molar-refractivity contribution is 6.11. The molecule has 0 spiro atoms. The number of fused-ring (bicyclic) bond motifs is 4. The third kappa shape index (κ3) is 3.89. The number of aliphatic hydroxyl groups excluding tert-OH is 2. The van der Waals surface area contributed by atoms with Gasteiger partial charge in [0, 0.05) is 47.7 Å². The summed E-state index contributed by atoms with van der Waals surface area (Å²) >= 11 is 0. The van der Waals surface area contributed by atoms with Crippen molar-refractivity contribution in [2.75, 3.05) is 7.11 Å². The number of hydrogen-bond acceptors (Lipinski definition) is 7. The van der Waals surface area contributed by atoms with E-state index in [0.29, 0.717) is 30.4 Å². The second-order valence-electron chi connectivity index (χ2n) is 14.1. The molecule has 0 aliphatic heterocycles. The normalized spacial score (nSPS) is 41.6. The molecule has 7 nitrogen and oxygen atoms in total. The molecule has 2 N–H and O–H groups in total. The first-order valence-electron chi connectivity index (χ1n) is 14.2. The Morgan fingerprint density at radius 2 is 1.61 bits per heavy atom. The van der Waals surface area contributed by atoms with Crippen LogP contribution in [-0.2, 0) is 23.9 Å². The Kier molecular flexibility index (Phi) is 7.18. The molecule has 0 radical (unpaired) electrons. The van der Waals surface area contributed by atoms with E-state index in [-0.39, 0.29) is 60.8 Å². The van der Waals surface area contributed by atoms with Crippen LogP contribution in [0.2, 0.25) is 0 Å². The summed E-state index contributed by atoms with van der Waals surface area (Å²) in [7, 11) is 1.31. The Morgan fingerprint density at radius 3 is 2.21 bits per heavy atom. The number of allylic oxidation sites excluding steroid dienone is 1. The molecule has 4 aliphatic rings. The topological polar surface area (TPSA) is 118 Å². The number of rotatable bonds is 6. The Hall–Kier alpha value is -1.86. The lowest BCUT2D eigenvalue weighted by Gasteiger charge is -2.60. The fraction of sp³-hybridized carbons (Fsp3) is 0.806. The summed E-state index contributed by atoms with van der Waals surface area (Å²) in [6.45, 7) is 13.7. The second-order valence-corrected chi connectivity index (χ2v) is 14.1. The van der Waals surface area contributed by atoms with E-state index in [1.165, 1.54) is 7.11 Å². The first-order valence-corrected chi connectivity index (χ1v) is 14.2. The lowest BCUT2D eigenvalue weighted by Crippen LogP contribution is -2.60. The number of Topliss-reactive ketones (excluding diaryl/α,β-unsaturated/α-hetero) is 3. The van der Waals surface area contributed by atoms with Crippen LogP contribution in [0.4, 0.5) is 0 Å². The average Bonchev–Trinajstić information content (AvgIpc) is 3.03.